The number of piperidine rings is 1. The topological polar surface area (TPSA) is 48.4 Å². The number of nitrogens with zero attached hydrogens (tertiary/aromatic N) is 2. The van der Waals surface area contributed by atoms with E-state index in [4.69, 9.17) is 5.11 Å². The minimum Gasteiger partial charge on any atom is -0.396 e. The zero-order valence-corrected chi connectivity index (χ0v) is 10.9. The van der Waals surface area contributed by atoms with E-state index in [0.717, 1.165) is 32.5 Å². The summed E-state index contributed by atoms with van der Waals surface area (Å²) in [4.78, 5) is 6.48. The Morgan fingerprint density at radius 2 is 1.94 bits per heavy atom. The Bertz CT molecular complexity index is 323. The third-order valence-electron chi connectivity index (χ3n) is 3.54. The van der Waals surface area contributed by atoms with Gasteiger partial charge in [0.25, 0.3) is 0 Å². The summed E-state index contributed by atoms with van der Waals surface area (Å²) in [5, 5.41) is 12.3. The van der Waals surface area contributed by atoms with E-state index in [2.05, 4.69) is 27.3 Å². The molecule has 0 saturated carbocycles. The van der Waals surface area contributed by atoms with Crippen molar-refractivity contribution in [3.8, 4) is 0 Å². The summed E-state index contributed by atoms with van der Waals surface area (Å²) in [6.07, 6.45) is 8.08. The van der Waals surface area contributed by atoms with Gasteiger partial charge in [0.15, 0.2) is 0 Å². The average molecular weight is 249 g/mol. The lowest BCUT2D eigenvalue weighted by Crippen LogP contribution is -2.42. The van der Waals surface area contributed by atoms with Crippen molar-refractivity contribution in [3.63, 3.8) is 0 Å². The quantitative estimate of drug-likeness (QED) is 0.749. The Morgan fingerprint density at radius 3 is 2.61 bits per heavy atom. The highest BCUT2D eigenvalue weighted by Crippen LogP contribution is 2.18. The van der Waals surface area contributed by atoms with E-state index >= 15 is 0 Å². The van der Waals surface area contributed by atoms with Crippen molar-refractivity contribution in [1.82, 2.24) is 10.3 Å². The van der Waals surface area contributed by atoms with Crippen molar-refractivity contribution < 1.29 is 5.11 Å². The predicted molar refractivity (Wildman–Crippen MR) is 73.8 cm³/mol. The van der Waals surface area contributed by atoms with Crippen LogP contribution in [0.25, 0.3) is 0 Å². The third-order valence-corrected chi connectivity index (χ3v) is 3.54. The molecular weight excluding hydrogens is 226 g/mol. The van der Waals surface area contributed by atoms with Gasteiger partial charge in [0, 0.05) is 43.8 Å². The summed E-state index contributed by atoms with van der Waals surface area (Å²) in [6.45, 7) is 3.56. The largest absolute Gasteiger partial charge is 0.396 e. The molecule has 0 aromatic carbocycles. The standard InChI is InChI=1S/C14H23N3O/c18-12-2-1-7-16-13-5-10-17(11-6-13)14-3-8-15-9-4-14/h3-4,8-9,13,16,18H,1-2,5-7,10-12H2. The monoisotopic (exact) mass is 249 g/mol. The summed E-state index contributed by atoms with van der Waals surface area (Å²) in [7, 11) is 0. The first kappa shape index (κ1) is 13.3. The van der Waals surface area contributed by atoms with Gasteiger partial charge in [-0.1, -0.05) is 0 Å². The van der Waals surface area contributed by atoms with Crippen LogP contribution in [0.2, 0.25) is 0 Å². The Hall–Kier alpha value is -1.13. The molecule has 0 aliphatic carbocycles. The van der Waals surface area contributed by atoms with Crippen LogP contribution in [-0.4, -0.2) is 42.4 Å². The van der Waals surface area contributed by atoms with E-state index in [1.807, 2.05) is 12.4 Å². The molecule has 2 rings (SSSR count). The summed E-state index contributed by atoms with van der Waals surface area (Å²) in [6, 6.07) is 4.80. The van der Waals surface area contributed by atoms with Gasteiger partial charge in [-0.15, -0.1) is 0 Å². The van der Waals surface area contributed by atoms with Gasteiger partial charge in [-0.2, -0.15) is 0 Å². The van der Waals surface area contributed by atoms with E-state index in [9.17, 15) is 0 Å². The van der Waals surface area contributed by atoms with Gasteiger partial charge >= 0.3 is 0 Å². The molecule has 1 saturated heterocycles. The Morgan fingerprint density at radius 1 is 1.22 bits per heavy atom. The van der Waals surface area contributed by atoms with Gasteiger partial charge in [0.2, 0.25) is 0 Å². The fourth-order valence-corrected chi connectivity index (χ4v) is 2.44. The summed E-state index contributed by atoms with van der Waals surface area (Å²) in [5.41, 5.74) is 1.28. The molecule has 18 heavy (non-hydrogen) atoms. The number of pyridine rings is 1. The van der Waals surface area contributed by atoms with Crippen LogP contribution in [0.4, 0.5) is 5.69 Å². The van der Waals surface area contributed by atoms with Crippen molar-refractivity contribution in [3.05, 3.63) is 24.5 Å². The maximum absolute atomic E-state index is 8.72. The molecule has 0 amide bonds. The van der Waals surface area contributed by atoms with Crippen molar-refractivity contribution >= 4 is 5.69 Å². The molecule has 1 fully saturated rings. The highest BCUT2D eigenvalue weighted by Gasteiger charge is 2.18. The molecule has 2 N–H and O–H groups in total. The van der Waals surface area contributed by atoms with E-state index in [1.165, 1.54) is 18.5 Å². The highest BCUT2D eigenvalue weighted by molar-refractivity contribution is 5.44. The summed E-state index contributed by atoms with van der Waals surface area (Å²) >= 11 is 0. The molecule has 1 aromatic rings. The van der Waals surface area contributed by atoms with E-state index < -0.39 is 0 Å². The van der Waals surface area contributed by atoms with Crippen LogP contribution in [-0.2, 0) is 0 Å². The van der Waals surface area contributed by atoms with Gasteiger partial charge < -0.3 is 15.3 Å². The average Bonchev–Trinajstić information content (AvgIpc) is 2.45. The number of anilines is 1. The molecule has 0 bridgehead atoms. The predicted octanol–water partition coefficient (Wildman–Crippen LogP) is 1.41. The number of hydrogen-bond acceptors (Lipinski definition) is 4. The van der Waals surface area contributed by atoms with Crippen molar-refractivity contribution in [2.24, 2.45) is 0 Å². The van der Waals surface area contributed by atoms with Gasteiger partial charge in [-0.05, 0) is 44.4 Å². The molecule has 0 radical (unpaired) electrons. The smallest absolute Gasteiger partial charge is 0.0431 e. The molecular formula is C14H23N3O. The zero-order valence-electron chi connectivity index (χ0n) is 10.9. The third kappa shape index (κ3) is 3.96. The van der Waals surface area contributed by atoms with Crippen molar-refractivity contribution in [1.29, 1.82) is 0 Å². The van der Waals surface area contributed by atoms with Crippen LogP contribution in [0.3, 0.4) is 0 Å². The van der Waals surface area contributed by atoms with E-state index in [-0.39, 0.29) is 0 Å². The lowest BCUT2D eigenvalue weighted by Gasteiger charge is -2.34. The molecule has 1 aliphatic heterocycles. The first-order valence-corrected chi connectivity index (χ1v) is 6.89. The minimum atomic E-state index is 0.308. The zero-order chi connectivity index (χ0) is 12.6. The fraction of sp³-hybridized carbons (Fsp3) is 0.643. The van der Waals surface area contributed by atoms with Crippen LogP contribution in [0.15, 0.2) is 24.5 Å². The Balaban J connectivity index is 1.68. The van der Waals surface area contributed by atoms with Gasteiger partial charge in [-0.25, -0.2) is 0 Å². The van der Waals surface area contributed by atoms with Crippen molar-refractivity contribution in [2.45, 2.75) is 31.7 Å². The highest BCUT2D eigenvalue weighted by atomic mass is 16.2. The molecule has 0 unspecified atom stereocenters. The maximum atomic E-state index is 8.72. The van der Waals surface area contributed by atoms with Crippen LogP contribution in [0.1, 0.15) is 25.7 Å². The lowest BCUT2D eigenvalue weighted by atomic mass is 10.0. The number of aliphatic hydroxyl groups excluding tert-OH is 1. The number of hydrogen-bond donors (Lipinski definition) is 2. The van der Waals surface area contributed by atoms with Crippen molar-refractivity contribution in [2.75, 3.05) is 31.1 Å². The normalized spacial score (nSPS) is 17.1. The molecule has 2 heterocycles. The Labute approximate surface area is 109 Å². The first-order chi connectivity index (χ1) is 8.90. The maximum Gasteiger partial charge on any atom is 0.0431 e. The van der Waals surface area contributed by atoms with E-state index in [0.29, 0.717) is 12.6 Å². The van der Waals surface area contributed by atoms with E-state index in [1.54, 1.807) is 0 Å². The molecule has 0 spiro atoms. The molecule has 0 atom stereocenters. The van der Waals surface area contributed by atoms with Gasteiger partial charge in [-0.3, -0.25) is 4.98 Å². The second-order valence-electron chi connectivity index (χ2n) is 4.85. The molecule has 1 aliphatic rings. The SMILES string of the molecule is OCCCCNC1CCN(c2ccncc2)CC1. The van der Waals surface area contributed by atoms with Gasteiger partial charge in [0.1, 0.15) is 0 Å². The first-order valence-electron chi connectivity index (χ1n) is 6.89. The molecule has 100 valence electrons. The fourth-order valence-electron chi connectivity index (χ4n) is 2.44. The molecule has 4 nitrogen and oxygen atoms in total. The minimum absolute atomic E-state index is 0.308. The van der Waals surface area contributed by atoms with Crippen LogP contribution >= 0.6 is 0 Å². The number of rotatable bonds is 6. The number of nitrogens with one attached hydrogen (secondary N) is 1. The number of aromatic nitrogens is 1. The second-order valence-corrected chi connectivity index (χ2v) is 4.85. The molecule has 1 aromatic heterocycles. The summed E-state index contributed by atoms with van der Waals surface area (Å²) < 4.78 is 0. The van der Waals surface area contributed by atoms with Crippen LogP contribution in [0.5, 0.6) is 0 Å². The summed E-state index contributed by atoms with van der Waals surface area (Å²) in [5.74, 6) is 0. The van der Waals surface area contributed by atoms with Gasteiger partial charge in [0.05, 0.1) is 0 Å². The Kier molecular flexibility index (Phi) is 5.42. The van der Waals surface area contributed by atoms with Crippen LogP contribution < -0.4 is 10.2 Å². The number of aliphatic hydroxyl groups is 1. The van der Waals surface area contributed by atoms with Crippen LogP contribution in [0, 0.1) is 0 Å². The second kappa shape index (κ2) is 7.34. The lowest BCUT2D eigenvalue weighted by molar-refractivity contribution is 0.281. The number of unbranched alkanes of at least 4 members (excludes halogenated alkanes) is 1. The molecule has 4 heteroatoms.